The first-order chi connectivity index (χ1) is 10.4. The number of H-pyrrole nitrogens is 1. The van der Waals surface area contributed by atoms with Crippen molar-refractivity contribution in [1.82, 2.24) is 15.3 Å². The van der Waals surface area contributed by atoms with Crippen LogP contribution in [0.4, 0.5) is 0 Å². The van der Waals surface area contributed by atoms with Gasteiger partial charge in [-0.15, -0.1) is 11.3 Å². The number of amides is 1. The van der Waals surface area contributed by atoms with Crippen molar-refractivity contribution in [2.45, 2.75) is 33.2 Å². The number of aliphatic carboxylic acids is 1. The summed E-state index contributed by atoms with van der Waals surface area (Å²) in [4.78, 5) is 30.6. The minimum atomic E-state index is -1.02. The van der Waals surface area contributed by atoms with E-state index in [0.29, 0.717) is 12.1 Å². The molecule has 0 aliphatic heterocycles. The highest BCUT2D eigenvalue weighted by molar-refractivity contribution is 7.09. The molecule has 0 aromatic carbocycles. The Balaban J connectivity index is 2.09. The molecule has 6 nitrogen and oxygen atoms in total. The Bertz CT molecular complexity index is 675. The molecule has 3 N–H and O–H groups in total. The molecular weight excluding hydrogens is 302 g/mol. The van der Waals surface area contributed by atoms with E-state index in [0.717, 1.165) is 16.3 Å². The summed E-state index contributed by atoms with van der Waals surface area (Å²) in [5.41, 5.74) is 1.94. The molecule has 0 aliphatic carbocycles. The molecule has 2 aromatic heterocycles. The number of carboxylic acid groups (broad SMARTS) is 1. The number of carboxylic acids is 1. The third kappa shape index (κ3) is 3.94. The van der Waals surface area contributed by atoms with Gasteiger partial charge in [-0.3, -0.25) is 4.79 Å². The summed E-state index contributed by atoms with van der Waals surface area (Å²) in [5.74, 6) is -1.27. The van der Waals surface area contributed by atoms with Gasteiger partial charge in [0.2, 0.25) is 0 Å². The van der Waals surface area contributed by atoms with Crippen LogP contribution in [0.1, 0.15) is 35.8 Å². The van der Waals surface area contributed by atoms with Crippen molar-refractivity contribution < 1.29 is 14.7 Å². The average Bonchev–Trinajstić information content (AvgIpc) is 3.05. The van der Waals surface area contributed by atoms with Crippen molar-refractivity contribution in [2.75, 3.05) is 0 Å². The Morgan fingerprint density at radius 3 is 2.73 bits per heavy atom. The van der Waals surface area contributed by atoms with Gasteiger partial charge < -0.3 is 15.4 Å². The zero-order valence-electron chi connectivity index (χ0n) is 12.7. The Labute approximate surface area is 132 Å². The Morgan fingerprint density at radius 1 is 1.45 bits per heavy atom. The third-order valence-corrected chi connectivity index (χ3v) is 3.93. The molecular formula is C15H19N3O3S. The van der Waals surface area contributed by atoms with Gasteiger partial charge in [-0.05, 0) is 25.3 Å². The summed E-state index contributed by atoms with van der Waals surface area (Å²) in [5, 5.41) is 14.6. The van der Waals surface area contributed by atoms with Crippen LogP contribution in [0.3, 0.4) is 0 Å². The molecule has 22 heavy (non-hydrogen) atoms. The molecule has 2 heterocycles. The van der Waals surface area contributed by atoms with Crippen LogP contribution in [0.2, 0.25) is 0 Å². The topological polar surface area (TPSA) is 95.1 Å². The molecule has 1 amide bonds. The molecule has 1 atom stereocenters. The van der Waals surface area contributed by atoms with Crippen molar-refractivity contribution in [3.63, 3.8) is 0 Å². The molecule has 0 bridgehead atoms. The van der Waals surface area contributed by atoms with Gasteiger partial charge in [-0.25, -0.2) is 9.78 Å². The molecule has 7 heteroatoms. The van der Waals surface area contributed by atoms with Crippen LogP contribution in [0.25, 0.3) is 11.3 Å². The lowest BCUT2D eigenvalue weighted by Crippen LogP contribution is -2.41. The van der Waals surface area contributed by atoms with Gasteiger partial charge in [0.15, 0.2) is 0 Å². The number of carbonyl (C=O) groups excluding carboxylic acids is 1. The number of hydrogen-bond acceptors (Lipinski definition) is 4. The molecule has 2 aromatic rings. The van der Waals surface area contributed by atoms with Crippen molar-refractivity contribution in [3.8, 4) is 11.3 Å². The molecule has 2 rings (SSSR count). The molecule has 0 fully saturated rings. The van der Waals surface area contributed by atoms with Gasteiger partial charge in [0.1, 0.15) is 11.7 Å². The molecule has 0 saturated carbocycles. The number of thiazole rings is 1. The number of aromatic amines is 1. The molecule has 0 spiro atoms. The second-order valence-corrected chi connectivity index (χ2v) is 6.61. The molecule has 118 valence electrons. The number of nitrogens with one attached hydrogen (secondary N) is 2. The molecule has 0 aliphatic rings. The Kier molecular flexibility index (Phi) is 4.97. The first kappa shape index (κ1) is 16.2. The first-order valence-corrected chi connectivity index (χ1v) is 7.89. The van der Waals surface area contributed by atoms with Gasteiger partial charge in [0.05, 0.1) is 10.7 Å². The number of carbonyl (C=O) groups is 2. The summed E-state index contributed by atoms with van der Waals surface area (Å²) >= 11 is 1.54. The summed E-state index contributed by atoms with van der Waals surface area (Å²) in [6.07, 6.45) is 2.08. The Hall–Kier alpha value is -2.15. The summed E-state index contributed by atoms with van der Waals surface area (Å²) in [7, 11) is 0. The lowest BCUT2D eigenvalue weighted by atomic mass is 10.0. The predicted molar refractivity (Wildman–Crippen MR) is 85.0 cm³/mol. The zero-order chi connectivity index (χ0) is 16.3. The van der Waals surface area contributed by atoms with Gasteiger partial charge in [0.25, 0.3) is 5.91 Å². The summed E-state index contributed by atoms with van der Waals surface area (Å²) < 4.78 is 0. The fourth-order valence-corrected chi connectivity index (χ4v) is 2.72. The number of aromatic nitrogens is 2. The van der Waals surface area contributed by atoms with E-state index < -0.39 is 17.9 Å². The second kappa shape index (κ2) is 6.74. The SMILES string of the molecule is Cc1nc(-c2c[nH]c(C(=O)N[C@H](CC(C)C)C(=O)O)c2)cs1. The fourth-order valence-electron chi connectivity index (χ4n) is 2.10. The predicted octanol–water partition coefficient (Wildman–Crippen LogP) is 2.68. The highest BCUT2D eigenvalue weighted by Crippen LogP contribution is 2.22. The summed E-state index contributed by atoms with van der Waals surface area (Å²) in [6, 6.07) is 0.791. The van der Waals surface area contributed by atoms with Crippen LogP contribution >= 0.6 is 11.3 Å². The maximum absolute atomic E-state index is 12.2. The van der Waals surface area contributed by atoms with E-state index in [1.165, 1.54) is 11.3 Å². The van der Waals surface area contributed by atoms with E-state index in [-0.39, 0.29) is 5.92 Å². The van der Waals surface area contributed by atoms with Crippen LogP contribution in [0.5, 0.6) is 0 Å². The maximum atomic E-state index is 12.2. The number of aryl methyl sites for hydroxylation is 1. The van der Waals surface area contributed by atoms with Crippen LogP contribution in [0.15, 0.2) is 17.6 Å². The van der Waals surface area contributed by atoms with Crippen molar-refractivity contribution in [3.05, 3.63) is 28.3 Å². The number of nitrogens with zero attached hydrogens (tertiary/aromatic N) is 1. The zero-order valence-corrected chi connectivity index (χ0v) is 13.5. The largest absolute Gasteiger partial charge is 0.480 e. The molecule has 0 unspecified atom stereocenters. The fraction of sp³-hybridized carbons (Fsp3) is 0.400. The van der Waals surface area contributed by atoms with E-state index >= 15 is 0 Å². The average molecular weight is 321 g/mol. The molecule has 0 radical (unpaired) electrons. The van der Waals surface area contributed by atoms with Crippen LogP contribution < -0.4 is 5.32 Å². The van der Waals surface area contributed by atoms with Gasteiger partial charge >= 0.3 is 5.97 Å². The van der Waals surface area contributed by atoms with Crippen molar-refractivity contribution >= 4 is 23.2 Å². The Morgan fingerprint density at radius 2 is 2.18 bits per heavy atom. The summed E-state index contributed by atoms with van der Waals surface area (Å²) in [6.45, 7) is 5.75. The standard InChI is InChI=1S/C15H19N3O3S/c1-8(2)4-12(15(20)21)18-14(19)11-5-10(6-16-11)13-7-22-9(3)17-13/h5-8,12,16H,4H2,1-3H3,(H,18,19)(H,20,21)/t12-/m1/s1. The normalized spacial score (nSPS) is 12.4. The van der Waals surface area contributed by atoms with Gasteiger partial charge in [0, 0.05) is 17.1 Å². The van der Waals surface area contributed by atoms with Crippen molar-refractivity contribution in [2.24, 2.45) is 5.92 Å². The number of hydrogen-bond donors (Lipinski definition) is 3. The highest BCUT2D eigenvalue weighted by atomic mass is 32.1. The maximum Gasteiger partial charge on any atom is 0.326 e. The lowest BCUT2D eigenvalue weighted by Gasteiger charge is -2.15. The van der Waals surface area contributed by atoms with Gasteiger partial charge in [-0.2, -0.15) is 0 Å². The van der Waals surface area contributed by atoms with E-state index in [2.05, 4.69) is 15.3 Å². The monoisotopic (exact) mass is 321 g/mol. The van der Waals surface area contributed by atoms with E-state index in [4.69, 9.17) is 0 Å². The third-order valence-electron chi connectivity index (χ3n) is 3.15. The van der Waals surface area contributed by atoms with Crippen LogP contribution in [0, 0.1) is 12.8 Å². The smallest absolute Gasteiger partial charge is 0.326 e. The lowest BCUT2D eigenvalue weighted by molar-refractivity contribution is -0.139. The van der Waals surface area contributed by atoms with Crippen molar-refractivity contribution in [1.29, 1.82) is 0 Å². The minimum absolute atomic E-state index is 0.179. The molecule has 0 saturated heterocycles. The number of rotatable bonds is 6. The first-order valence-electron chi connectivity index (χ1n) is 7.01. The van der Waals surface area contributed by atoms with E-state index in [1.807, 2.05) is 26.2 Å². The minimum Gasteiger partial charge on any atom is -0.480 e. The quantitative estimate of drug-likeness (QED) is 0.762. The van der Waals surface area contributed by atoms with Crippen LogP contribution in [-0.4, -0.2) is 33.0 Å². The second-order valence-electron chi connectivity index (χ2n) is 5.55. The van der Waals surface area contributed by atoms with Crippen LogP contribution in [-0.2, 0) is 4.79 Å². The van der Waals surface area contributed by atoms with E-state index in [9.17, 15) is 14.7 Å². The van der Waals surface area contributed by atoms with Gasteiger partial charge in [-0.1, -0.05) is 13.8 Å². The highest BCUT2D eigenvalue weighted by Gasteiger charge is 2.22. The van der Waals surface area contributed by atoms with E-state index in [1.54, 1.807) is 12.3 Å².